The molecule has 1 nitrogen and oxygen atoms in total. The van der Waals surface area contributed by atoms with Crippen LogP contribution in [-0.2, 0) is 0 Å². The van der Waals surface area contributed by atoms with Crippen molar-refractivity contribution in [1.29, 1.82) is 0 Å². The molecule has 68 valence electrons. The smallest absolute Gasteiger partial charge is 0.0362 e. The van der Waals surface area contributed by atoms with Crippen LogP contribution in [0.3, 0.4) is 0 Å². The first-order valence-electron chi connectivity index (χ1n) is 4.76. The Morgan fingerprint density at radius 1 is 1.25 bits per heavy atom. The van der Waals surface area contributed by atoms with Crippen LogP contribution in [0, 0.1) is 5.92 Å². The Hall–Kier alpha value is -0.720. The summed E-state index contributed by atoms with van der Waals surface area (Å²) in [7, 11) is 0. The molecule has 0 spiro atoms. The van der Waals surface area contributed by atoms with Crippen molar-refractivity contribution in [3.63, 3.8) is 0 Å². The van der Waals surface area contributed by atoms with Crippen molar-refractivity contribution in [2.45, 2.75) is 33.7 Å². The molecule has 1 heteroatoms. The lowest BCUT2D eigenvalue weighted by Crippen LogP contribution is -2.33. The zero-order valence-corrected chi connectivity index (χ0v) is 8.54. The molecule has 0 aromatic heterocycles. The average molecular weight is 165 g/mol. The zero-order valence-electron chi connectivity index (χ0n) is 8.54. The number of nitrogens with zero attached hydrogens (tertiary/aromatic N) is 1. The van der Waals surface area contributed by atoms with Crippen molar-refractivity contribution in [1.82, 2.24) is 4.90 Å². The summed E-state index contributed by atoms with van der Waals surface area (Å²) in [4.78, 5) is 2.45. The summed E-state index contributed by atoms with van der Waals surface area (Å²) in [5.41, 5.74) is 1.47. The molecule has 0 fully saturated rings. The van der Waals surface area contributed by atoms with Gasteiger partial charge in [-0.2, -0.15) is 0 Å². The first-order valence-corrected chi connectivity index (χ1v) is 4.76. The van der Waals surface area contributed by atoms with E-state index >= 15 is 0 Å². The van der Waals surface area contributed by atoms with Crippen LogP contribution in [0.1, 0.15) is 27.7 Å². The fourth-order valence-electron chi connectivity index (χ4n) is 1.58. The van der Waals surface area contributed by atoms with Crippen molar-refractivity contribution in [2.75, 3.05) is 6.54 Å². The van der Waals surface area contributed by atoms with Gasteiger partial charge in [-0.3, -0.25) is 0 Å². The summed E-state index contributed by atoms with van der Waals surface area (Å²) >= 11 is 0. The zero-order chi connectivity index (χ0) is 9.14. The second kappa shape index (κ2) is 3.79. The molecule has 0 unspecified atom stereocenters. The van der Waals surface area contributed by atoms with Gasteiger partial charge in [0.25, 0.3) is 0 Å². The van der Waals surface area contributed by atoms with Gasteiger partial charge in [-0.25, -0.2) is 0 Å². The summed E-state index contributed by atoms with van der Waals surface area (Å²) in [5.74, 6) is 0.636. The molecule has 0 bridgehead atoms. The van der Waals surface area contributed by atoms with Gasteiger partial charge in [0, 0.05) is 18.3 Å². The fraction of sp³-hybridized carbons (Fsp3) is 0.636. The van der Waals surface area contributed by atoms with Gasteiger partial charge >= 0.3 is 0 Å². The van der Waals surface area contributed by atoms with Gasteiger partial charge in [-0.05, 0) is 25.8 Å². The van der Waals surface area contributed by atoms with E-state index in [9.17, 15) is 0 Å². The molecular formula is C11H19N. The highest BCUT2D eigenvalue weighted by molar-refractivity contribution is 5.19. The Morgan fingerprint density at radius 2 is 1.92 bits per heavy atom. The van der Waals surface area contributed by atoms with Crippen molar-refractivity contribution >= 4 is 0 Å². The summed E-state index contributed by atoms with van der Waals surface area (Å²) in [5, 5.41) is 0. The minimum absolute atomic E-state index is 0.614. The molecule has 1 aliphatic heterocycles. The van der Waals surface area contributed by atoms with Gasteiger partial charge in [0.15, 0.2) is 0 Å². The molecule has 0 aromatic carbocycles. The van der Waals surface area contributed by atoms with Crippen LogP contribution in [-0.4, -0.2) is 17.5 Å². The largest absolute Gasteiger partial charge is 0.368 e. The molecular weight excluding hydrogens is 146 g/mol. The molecule has 1 heterocycles. The predicted octanol–water partition coefficient (Wildman–Crippen LogP) is 2.81. The number of hydrogen-bond donors (Lipinski definition) is 0. The van der Waals surface area contributed by atoms with Gasteiger partial charge < -0.3 is 4.90 Å². The standard InChI is InChI=1S/C11H19N/c1-9(2)11-7-5-6-8-12(11)10(3)4/h5-7,9-10H,8H2,1-4H3. The highest BCUT2D eigenvalue weighted by atomic mass is 15.2. The van der Waals surface area contributed by atoms with Crippen LogP contribution in [0.4, 0.5) is 0 Å². The fourth-order valence-corrected chi connectivity index (χ4v) is 1.58. The van der Waals surface area contributed by atoms with E-state index in [-0.39, 0.29) is 0 Å². The van der Waals surface area contributed by atoms with Gasteiger partial charge in [0.1, 0.15) is 0 Å². The highest BCUT2D eigenvalue weighted by Gasteiger charge is 2.15. The first kappa shape index (κ1) is 9.37. The number of allylic oxidation sites excluding steroid dienone is 3. The van der Waals surface area contributed by atoms with Crippen molar-refractivity contribution < 1.29 is 0 Å². The third kappa shape index (κ3) is 1.90. The highest BCUT2D eigenvalue weighted by Crippen LogP contribution is 2.20. The normalized spacial score (nSPS) is 17.5. The van der Waals surface area contributed by atoms with Crippen LogP contribution < -0.4 is 0 Å². The first-order chi connectivity index (χ1) is 5.63. The van der Waals surface area contributed by atoms with Crippen LogP contribution in [0.5, 0.6) is 0 Å². The minimum Gasteiger partial charge on any atom is -0.368 e. The van der Waals surface area contributed by atoms with Gasteiger partial charge in [0.05, 0.1) is 0 Å². The second-order valence-corrected chi connectivity index (χ2v) is 3.92. The molecule has 0 amide bonds. The lowest BCUT2D eigenvalue weighted by Gasteiger charge is -2.34. The molecule has 0 aliphatic carbocycles. The van der Waals surface area contributed by atoms with E-state index in [4.69, 9.17) is 0 Å². The predicted molar refractivity (Wildman–Crippen MR) is 53.9 cm³/mol. The maximum absolute atomic E-state index is 2.45. The molecule has 0 radical (unpaired) electrons. The molecule has 1 aliphatic rings. The van der Waals surface area contributed by atoms with Crippen LogP contribution in [0.15, 0.2) is 23.9 Å². The minimum atomic E-state index is 0.614. The van der Waals surface area contributed by atoms with E-state index in [1.807, 2.05) is 0 Å². The quantitative estimate of drug-likeness (QED) is 0.608. The van der Waals surface area contributed by atoms with Gasteiger partial charge in [-0.1, -0.05) is 26.0 Å². The van der Waals surface area contributed by atoms with E-state index in [1.165, 1.54) is 5.70 Å². The number of rotatable bonds is 2. The van der Waals surface area contributed by atoms with Crippen molar-refractivity contribution in [3.8, 4) is 0 Å². The summed E-state index contributed by atoms with van der Waals surface area (Å²) < 4.78 is 0. The van der Waals surface area contributed by atoms with Crippen molar-refractivity contribution in [3.05, 3.63) is 23.9 Å². The van der Waals surface area contributed by atoms with E-state index in [0.717, 1.165) is 6.54 Å². The van der Waals surface area contributed by atoms with Crippen molar-refractivity contribution in [2.24, 2.45) is 5.92 Å². The summed E-state index contributed by atoms with van der Waals surface area (Å²) in [6.45, 7) is 10.1. The lowest BCUT2D eigenvalue weighted by atomic mass is 10.0. The van der Waals surface area contributed by atoms with Gasteiger partial charge in [0.2, 0.25) is 0 Å². The molecule has 0 N–H and O–H groups in total. The maximum atomic E-state index is 2.45. The van der Waals surface area contributed by atoms with Crippen LogP contribution >= 0.6 is 0 Å². The Bertz CT molecular complexity index is 199. The summed E-state index contributed by atoms with van der Waals surface area (Å²) in [6, 6.07) is 0.614. The molecule has 0 aromatic rings. The Labute approximate surface area is 75.8 Å². The van der Waals surface area contributed by atoms with Crippen LogP contribution in [0.25, 0.3) is 0 Å². The topological polar surface area (TPSA) is 3.24 Å². The maximum Gasteiger partial charge on any atom is 0.0362 e. The Balaban J connectivity index is 2.77. The Morgan fingerprint density at radius 3 is 2.33 bits per heavy atom. The monoisotopic (exact) mass is 165 g/mol. The lowest BCUT2D eigenvalue weighted by molar-refractivity contribution is 0.281. The molecule has 0 saturated heterocycles. The second-order valence-electron chi connectivity index (χ2n) is 3.92. The summed E-state index contributed by atoms with van der Waals surface area (Å²) in [6.07, 6.45) is 6.61. The van der Waals surface area contributed by atoms with E-state index in [0.29, 0.717) is 12.0 Å². The number of hydrogen-bond acceptors (Lipinski definition) is 1. The van der Waals surface area contributed by atoms with E-state index in [1.54, 1.807) is 0 Å². The Kier molecular flexibility index (Phi) is 2.96. The molecule has 1 rings (SSSR count). The van der Waals surface area contributed by atoms with E-state index in [2.05, 4.69) is 50.8 Å². The van der Waals surface area contributed by atoms with Gasteiger partial charge in [-0.15, -0.1) is 0 Å². The molecule has 12 heavy (non-hydrogen) atoms. The molecule has 0 atom stereocenters. The third-order valence-corrected chi connectivity index (χ3v) is 2.25. The molecule has 0 saturated carbocycles. The SMILES string of the molecule is CC(C)C1=CC=CCN1C(C)C. The van der Waals surface area contributed by atoms with Crippen LogP contribution in [0.2, 0.25) is 0 Å². The van der Waals surface area contributed by atoms with E-state index < -0.39 is 0 Å². The third-order valence-electron chi connectivity index (χ3n) is 2.25. The average Bonchev–Trinajstić information content (AvgIpc) is 2.04.